The van der Waals surface area contributed by atoms with Gasteiger partial charge in [-0.05, 0) is 48.9 Å². The maximum absolute atomic E-state index is 5.62. The van der Waals surface area contributed by atoms with Crippen molar-refractivity contribution in [3.05, 3.63) is 29.8 Å². The zero-order valence-corrected chi connectivity index (χ0v) is 13.8. The molecule has 1 unspecified atom stereocenters. The van der Waals surface area contributed by atoms with Crippen LogP contribution < -0.4 is 10.1 Å². The van der Waals surface area contributed by atoms with E-state index in [1.54, 1.807) is 0 Å². The van der Waals surface area contributed by atoms with Crippen LogP contribution in [0.25, 0.3) is 0 Å². The standard InChI is InChI=1S/C18H31NO/c1-6-14-20-16-11-8-15(9-12-16)10-13-17(19-7-2)18(3,4)5/h8-9,11-12,17,19H,6-7,10,13-14H2,1-5H3. The van der Waals surface area contributed by atoms with Crippen molar-refractivity contribution in [1.82, 2.24) is 5.32 Å². The minimum Gasteiger partial charge on any atom is -0.494 e. The number of aryl methyl sites for hydroxylation is 1. The lowest BCUT2D eigenvalue weighted by molar-refractivity contribution is 0.258. The van der Waals surface area contributed by atoms with Crippen molar-refractivity contribution in [3.63, 3.8) is 0 Å². The first-order valence-corrected chi connectivity index (χ1v) is 7.92. The highest BCUT2D eigenvalue weighted by Crippen LogP contribution is 2.23. The summed E-state index contributed by atoms with van der Waals surface area (Å²) >= 11 is 0. The second kappa shape index (κ2) is 8.31. The molecule has 1 aromatic carbocycles. The third kappa shape index (κ3) is 5.96. The van der Waals surface area contributed by atoms with E-state index < -0.39 is 0 Å². The molecule has 0 amide bonds. The first-order valence-electron chi connectivity index (χ1n) is 7.92. The summed E-state index contributed by atoms with van der Waals surface area (Å²) in [6, 6.07) is 9.12. The summed E-state index contributed by atoms with van der Waals surface area (Å²) in [5.41, 5.74) is 1.70. The van der Waals surface area contributed by atoms with Gasteiger partial charge in [-0.1, -0.05) is 46.8 Å². The van der Waals surface area contributed by atoms with E-state index in [0.29, 0.717) is 11.5 Å². The second-order valence-corrected chi connectivity index (χ2v) is 6.51. The van der Waals surface area contributed by atoms with Gasteiger partial charge in [-0.3, -0.25) is 0 Å². The fourth-order valence-electron chi connectivity index (χ4n) is 2.37. The Bertz CT molecular complexity index is 364. The molecule has 2 heteroatoms. The van der Waals surface area contributed by atoms with Crippen molar-refractivity contribution < 1.29 is 4.74 Å². The Hall–Kier alpha value is -1.02. The molecular weight excluding hydrogens is 246 g/mol. The molecule has 1 atom stereocenters. The predicted molar refractivity (Wildman–Crippen MR) is 87.5 cm³/mol. The van der Waals surface area contributed by atoms with Gasteiger partial charge < -0.3 is 10.1 Å². The van der Waals surface area contributed by atoms with Crippen LogP contribution in [0.2, 0.25) is 0 Å². The quantitative estimate of drug-likeness (QED) is 0.759. The lowest BCUT2D eigenvalue weighted by Gasteiger charge is -2.31. The highest BCUT2D eigenvalue weighted by molar-refractivity contribution is 5.27. The molecular formula is C18H31NO. The monoisotopic (exact) mass is 277 g/mol. The van der Waals surface area contributed by atoms with Gasteiger partial charge >= 0.3 is 0 Å². The van der Waals surface area contributed by atoms with Crippen molar-refractivity contribution in [2.24, 2.45) is 5.41 Å². The van der Waals surface area contributed by atoms with Crippen LogP contribution in [-0.4, -0.2) is 19.2 Å². The molecule has 0 aromatic heterocycles. The second-order valence-electron chi connectivity index (χ2n) is 6.51. The maximum Gasteiger partial charge on any atom is 0.119 e. The molecule has 0 bridgehead atoms. The van der Waals surface area contributed by atoms with Crippen LogP contribution in [0.1, 0.15) is 53.0 Å². The van der Waals surface area contributed by atoms with Gasteiger partial charge in [0.2, 0.25) is 0 Å². The molecule has 114 valence electrons. The smallest absolute Gasteiger partial charge is 0.119 e. The summed E-state index contributed by atoms with van der Waals surface area (Å²) in [6.07, 6.45) is 3.34. The highest BCUT2D eigenvalue weighted by Gasteiger charge is 2.23. The third-order valence-corrected chi connectivity index (χ3v) is 3.61. The maximum atomic E-state index is 5.62. The van der Waals surface area contributed by atoms with Crippen LogP contribution in [-0.2, 0) is 6.42 Å². The van der Waals surface area contributed by atoms with E-state index in [-0.39, 0.29) is 0 Å². The van der Waals surface area contributed by atoms with E-state index in [9.17, 15) is 0 Å². The zero-order valence-electron chi connectivity index (χ0n) is 13.8. The van der Waals surface area contributed by atoms with E-state index >= 15 is 0 Å². The van der Waals surface area contributed by atoms with E-state index in [2.05, 4.69) is 64.2 Å². The third-order valence-electron chi connectivity index (χ3n) is 3.61. The van der Waals surface area contributed by atoms with Crippen molar-refractivity contribution in [3.8, 4) is 5.75 Å². The minimum absolute atomic E-state index is 0.306. The first-order chi connectivity index (χ1) is 9.47. The van der Waals surface area contributed by atoms with Crippen molar-refractivity contribution in [1.29, 1.82) is 0 Å². The Morgan fingerprint density at radius 2 is 1.75 bits per heavy atom. The van der Waals surface area contributed by atoms with E-state index in [1.165, 1.54) is 12.0 Å². The van der Waals surface area contributed by atoms with Gasteiger partial charge in [-0.25, -0.2) is 0 Å². The van der Waals surface area contributed by atoms with Gasteiger partial charge in [0, 0.05) is 6.04 Å². The van der Waals surface area contributed by atoms with Crippen LogP contribution in [0, 0.1) is 5.41 Å². The lowest BCUT2D eigenvalue weighted by Crippen LogP contribution is -2.40. The number of ether oxygens (including phenoxy) is 1. The van der Waals surface area contributed by atoms with Crippen LogP contribution in [0.15, 0.2) is 24.3 Å². The summed E-state index contributed by atoms with van der Waals surface area (Å²) in [4.78, 5) is 0. The molecule has 0 fully saturated rings. The fraction of sp³-hybridized carbons (Fsp3) is 0.667. The van der Waals surface area contributed by atoms with Gasteiger partial charge in [0.15, 0.2) is 0 Å². The molecule has 2 nitrogen and oxygen atoms in total. The van der Waals surface area contributed by atoms with Gasteiger partial charge in [-0.2, -0.15) is 0 Å². The topological polar surface area (TPSA) is 21.3 Å². The Balaban J connectivity index is 2.51. The van der Waals surface area contributed by atoms with E-state index in [1.807, 2.05) is 0 Å². The molecule has 1 rings (SSSR count). The molecule has 0 aliphatic heterocycles. The van der Waals surface area contributed by atoms with Crippen molar-refractivity contribution in [2.75, 3.05) is 13.2 Å². The Labute approximate surface area is 124 Å². The number of nitrogens with one attached hydrogen (secondary N) is 1. The summed E-state index contributed by atoms with van der Waals surface area (Å²) < 4.78 is 5.62. The van der Waals surface area contributed by atoms with Crippen molar-refractivity contribution >= 4 is 0 Å². The van der Waals surface area contributed by atoms with Crippen LogP contribution in [0.3, 0.4) is 0 Å². The molecule has 0 heterocycles. The Morgan fingerprint density at radius 3 is 2.25 bits per heavy atom. The molecule has 0 radical (unpaired) electrons. The van der Waals surface area contributed by atoms with E-state index in [4.69, 9.17) is 4.74 Å². The largest absolute Gasteiger partial charge is 0.494 e. The number of benzene rings is 1. The van der Waals surface area contributed by atoms with Crippen LogP contribution >= 0.6 is 0 Å². The van der Waals surface area contributed by atoms with Gasteiger partial charge in [0.25, 0.3) is 0 Å². The summed E-state index contributed by atoms with van der Waals surface area (Å²) in [5, 5.41) is 3.61. The van der Waals surface area contributed by atoms with Gasteiger partial charge in [0.05, 0.1) is 6.61 Å². The number of hydrogen-bond acceptors (Lipinski definition) is 2. The summed E-state index contributed by atoms with van der Waals surface area (Å²) in [5.74, 6) is 0.981. The number of hydrogen-bond donors (Lipinski definition) is 1. The molecule has 0 spiro atoms. The molecule has 0 aliphatic rings. The highest BCUT2D eigenvalue weighted by atomic mass is 16.5. The zero-order chi connectivity index (χ0) is 15.0. The summed E-state index contributed by atoms with van der Waals surface area (Å²) in [7, 11) is 0. The first kappa shape index (κ1) is 17.0. The molecule has 1 aromatic rings. The van der Waals surface area contributed by atoms with Crippen LogP contribution in [0.4, 0.5) is 0 Å². The molecule has 0 saturated heterocycles. The average molecular weight is 277 g/mol. The summed E-state index contributed by atoms with van der Waals surface area (Å²) in [6.45, 7) is 13.1. The lowest BCUT2D eigenvalue weighted by atomic mass is 9.83. The molecule has 0 aliphatic carbocycles. The van der Waals surface area contributed by atoms with E-state index in [0.717, 1.165) is 31.7 Å². The Morgan fingerprint density at radius 1 is 1.10 bits per heavy atom. The minimum atomic E-state index is 0.306. The molecule has 1 N–H and O–H groups in total. The fourth-order valence-corrected chi connectivity index (χ4v) is 2.37. The molecule has 0 saturated carbocycles. The number of rotatable bonds is 8. The van der Waals surface area contributed by atoms with Crippen LogP contribution in [0.5, 0.6) is 5.75 Å². The van der Waals surface area contributed by atoms with Crippen molar-refractivity contribution in [2.45, 2.75) is 59.9 Å². The predicted octanol–water partition coefficient (Wildman–Crippen LogP) is 4.43. The Kier molecular flexibility index (Phi) is 7.08. The van der Waals surface area contributed by atoms with Gasteiger partial charge in [-0.15, -0.1) is 0 Å². The normalized spacial score (nSPS) is 13.2. The SMILES string of the molecule is CCCOc1ccc(CCC(NCC)C(C)(C)C)cc1. The average Bonchev–Trinajstić information content (AvgIpc) is 2.41. The van der Waals surface area contributed by atoms with Gasteiger partial charge in [0.1, 0.15) is 5.75 Å². The molecule has 20 heavy (non-hydrogen) atoms.